The number of primary sulfonamides is 1. The fourth-order valence-electron chi connectivity index (χ4n) is 3.42. The summed E-state index contributed by atoms with van der Waals surface area (Å²) < 4.78 is 22.8. The highest BCUT2D eigenvalue weighted by molar-refractivity contribution is 7.89. The maximum absolute atomic E-state index is 11.4. The minimum Gasteiger partial charge on any atom is -0.255 e. The fourth-order valence-corrected chi connectivity index (χ4v) is 3.88. The summed E-state index contributed by atoms with van der Waals surface area (Å²) in [6.07, 6.45) is 9.51. The summed E-state index contributed by atoms with van der Waals surface area (Å²) in [7, 11) is -3.72. The van der Waals surface area contributed by atoms with Crippen molar-refractivity contribution in [3.8, 4) is 0 Å². The van der Waals surface area contributed by atoms with Crippen LogP contribution in [0.3, 0.4) is 0 Å². The Labute approximate surface area is 141 Å². The summed E-state index contributed by atoms with van der Waals surface area (Å²) in [5.74, 6) is 0. The predicted octanol–water partition coefficient (Wildman–Crippen LogP) is 3.38. The number of hydrogen-bond acceptors (Lipinski definition) is 3. The predicted molar refractivity (Wildman–Crippen MR) is 94.3 cm³/mol. The zero-order valence-electron chi connectivity index (χ0n) is 13.1. The maximum atomic E-state index is 11.4. The summed E-state index contributed by atoms with van der Waals surface area (Å²) in [5.41, 5.74) is 4.32. The first kappa shape index (κ1) is 15.3. The van der Waals surface area contributed by atoms with E-state index in [4.69, 9.17) is 5.14 Å². The third-order valence-electron chi connectivity index (χ3n) is 4.86. The molecule has 2 N–H and O–H groups in total. The highest BCUT2D eigenvalue weighted by Crippen LogP contribution is 2.53. The second-order valence-corrected chi connectivity index (χ2v) is 8.05. The van der Waals surface area contributed by atoms with Crippen molar-refractivity contribution in [2.24, 2.45) is 10.6 Å². The first-order chi connectivity index (χ1) is 11.5. The molecule has 4 rings (SSSR count). The molecule has 0 saturated heterocycles. The molecule has 0 aliphatic heterocycles. The minimum atomic E-state index is -3.72. The second-order valence-electron chi connectivity index (χ2n) is 6.49. The molecule has 1 aromatic carbocycles. The van der Waals surface area contributed by atoms with Gasteiger partial charge in [0.25, 0.3) is 0 Å². The van der Waals surface area contributed by atoms with Gasteiger partial charge < -0.3 is 0 Å². The van der Waals surface area contributed by atoms with Gasteiger partial charge in [0, 0.05) is 17.2 Å². The van der Waals surface area contributed by atoms with E-state index < -0.39 is 10.0 Å². The molecule has 1 heterocycles. The molecule has 0 unspecified atom stereocenters. The summed E-state index contributed by atoms with van der Waals surface area (Å²) in [4.78, 5) is 4.39. The molecule has 1 aromatic heterocycles. The van der Waals surface area contributed by atoms with E-state index in [-0.39, 0.29) is 10.3 Å². The molecule has 2 aliphatic carbocycles. The van der Waals surface area contributed by atoms with Crippen LogP contribution in [0.2, 0.25) is 0 Å². The average molecular weight is 338 g/mol. The zero-order valence-corrected chi connectivity index (χ0v) is 14.0. The minimum absolute atomic E-state index is 0.0356. The molecule has 24 heavy (non-hydrogen) atoms. The van der Waals surface area contributed by atoms with Crippen LogP contribution in [0.1, 0.15) is 30.5 Å². The largest absolute Gasteiger partial charge is 0.255 e. The number of nitrogens with two attached hydrogens (primary N) is 1. The van der Waals surface area contributed by atoms with Crippen molar-refractivity contribution in [1.29, 1.82) is 0 Å². The average Bonchev–Trinajstić information content (AvgIpc) is 2.96. The van der Waals surface area contributed by atoms with Crippen LogP contribution in [0.4, 0.5) is 0 Å². The molecule has 4 nitrogen and oxygen atoms in total. The number of benzene rings is 1. The molecule has 0 atom stereocenters. The van der Waals surface area contributed by atoms with Crippen LogP contribution in [0, 0.1) is 5.41 Å². The molecule has 5 heteroatoms. The molecule has 0 bridgehead atoms. The van der Waals surface area contributed by atoms with Gasteiger partial charge in [0.2, 0.25) is 10.0 Å². The maximum Gasteiger partial charge on any atom is 0.239 e. The lowest BCUT2D eigenvalue weighted by molar-refractivity contribution is 0.282. The van der Waals surface area contributed by atoms with Crippen LogP contribution >= 0.6 is 0 Å². The summed E-state index contributed by atoms with van der Waals surface area (Å²) >= 11 is 0. The van der Waals surface area contributed by atoms with Gasteiger partial charge in [0.15, 0.2) is 0 Å². The van der Waals surface area contributed by atoms with Crippen LogP contribution in [0.5, 0.6) is 0 Å². The normalized spacial score (nSPS) is 18.9. The van der Waals surface area contributed by atoms with Crippen LogP contribution in [0.25, 0.3) is 11.1 Å². The van der Waals surface area contributed by atoms with Gasteiger partial charge in [-0.15, -0.1) is 0 Å². The molecule has 0 radical (unpaired) electrons. The quantitative estimate of drug-likeness (QED) is 0.932. The van der Waals surface area contributed by atoms with Crippen molar-refractivity contribution in [2.45, 2.75) is 24.2 Å². The Morgan fingerprint density at radius 1 is 0.958 bits per heavy atom. The van der Waals surface area contributed by atoms with Gasteiger partial charge in [-0.2, -0.15) is 0 Å². The van der Waals surface area contributed by atoms with Gasteiger partial charge in [0.05, 0.1) is 5.69 Å². The molecular formula is C19H18N2O2S. The van der Waals surface area contributed by atoms with Gasteiger partial charge in [-0.3, -0.25) is 4.98 Å². The zero-order chi connectivity index (χ0) is 16.8. The Morgan fingerprint density at radius 3 is 2.21 bits per heavy atom. The number of allylic oxidation sites excluding steroid dienone is 4. The third kappa shape index (κ3) is 2.60. The summed E-state index contributed by atoms with van der Waals surface area (Å²) in [6.45, 7) is 0. The molecule has 1 saturated carbocycles. The summed E-state index contributed by atoms with van der Waals surface area (Å²) in [6, 6.07) is 13.5. The van der Waals surface area contributed by atoms with E-state index in [0.717, 1.165) is 29.7 Å². The smallest absolute Gasteiger partial charge is 0.239 e. The van der Waals surface area contributed by atoms with Crippen LogP contribution in [-0.4, -0.2) is 13.4 Å². The van der Waals surface area contributed by atoms with E-state index in [0.29, 0.717) is 0 Å². The Bertz CT molecular complexity index is 939. The van der Waals surface area contributed by atoms with Crippen molar-refractivity contribution in [2.75, 3.05) is 0 Å². The van der Waals surface area contributed by atoms with E-state index in [2.05, 4.69) is 29.3 Å². The van der Waals surface area contributed by atoms with Gasteiger partial charge in [-0.1, -0.05) is 48.9 Å². The highest BCUT2D eigenvalue weighted by Gasteiger charge is 2.38. The van der Waals surface area contributed by atoms with E-state index >= 15 is 0 Å². The van der Waals surface area contributed by atoms with Crippen molar-refractivity contribution in [1.82, 2.24) is 4.98 Å². The van der Waals surface area contributed by atoms with Crippen molar-refractivity contribution < 1.29 is 8.42 Å². The first-order valence-corrected chi connectivity index (χ1v) is 9.52. The molecule has 122 valence electrons. The fraction of sp³-hybridized carbons (Fsp3) is 0.211. The van der Waals surface area contributed by atoms with E-state index in [1.54, 1.807) is 6.07 Å². The summed E-state index contributed by atoms with van der Waals surface area (Å²) in [5, 5.41) is 5.16. The molecule has 2 aliphatic rings. The second kappa shape index (κ2) is 5.40. The molecule has 1 spiro atoms. The van der Waals surface area contributed by atoms with Crippen LogP contribution in [-0.2, 0) is 10.0 Å². The Kier molecular flexibility index (Phi) is 3.44. The van der Waals surface area contributed by atoms with Gasteiger partial charge in [-0.25, -0.2) is 13.6 Å². The SMILES string of the molecule is NS(=O)(=O)c1ccc(C2=CC3(C=C2c2ccccc2)CCC3)nc1. The molecule has 1 fully saturated rings. The lowest BCUT2D eigenvalue weighted by atomic mass is 9.70. The van der Waals surface area contributed by atoms with E-state index in [1.807, 2.05) is 18.2 Å². The lowest BCUT2D eigenvalue weighted by Gasteiger charge is -2.34. The van der Waals surface area contributed by atoms with Crippen molar-refractivity contribution in [3.63, 3.8) is 0 Å². The van der Waals surface area contributed by atoms with Gasteiger partial charge in [0.1, 0.15) is 4.90 Å². The highest BCUT2D eigenvalue weighted by atomic mass is 32.2. The number of nitrogens with zero attached hydrogens (tertiary/aromatic N) is 1. The number of hydrogen-bond donors (Lipinski definition) is 1. The van der Waals surface area contributed by atoms with Crippen molar-refractivity contribution in [3.05, 3.63) is 72.1 Å². The number of rotatable bonds is 3. The topological polar surface area (TPSA) is 73.1 Å². The van der Waals surface area contributed by atoms with Crippen molar-refractivity contribution >= 4 is 21.2 Å². The molecule has 2 aromatic rings. The molecule has 0 amide bonds. The monoisotopic (exact) mass is 338 g/mol. The van der Waals surface area contributed by atoms with Gasteiger partial charge in [-0.05, 0) is 36.1 Å². The van der Waals surface area contributed by atoms with Crippen LogP contribution in [0.15, 0.2) is 65.7 Å². The van der Waals surface area contributed by atoms with E-state index in [9.17, 15) is 8.42 Å². The number of aromatic nitrogens is 1. The Balaban J connectivity index is 1.78. The number of sulfonamides is 1. The first-order valence-electron chi connectivity index (χ1n) is 7.98. The van der Waals surface area contributed by atoms with Gasteiger partial charge >= 0.3 is 0 Å². The van der Waals surface area contributed by atoms with Crippen LogP contribution < -0.4 is 5.14 Å². The number of pyridine rings is 1. The standard InChI is InChI=1S/C19H18N2O2S/c20-24(22,23)15-7-8-18(21-13-15)17-12-19(9-4-10-19)11-16(17)14-5-2-1-3-6-14/h1-3,5-8,11-13H,4,9-10H2,(H2,20,22,23). The van der Waals surface area contributed by atoms with E-state index in [1.165, 1.54) is 24.3 Å². The third-order valence-corrected chi connectivity index (χ3v) is 5.76. The lowest BCUT2D eigenvalue weighted by Crippen LogP contribution is -2.22. The Morgan fingerprint density at radius 2 is 1.67 bits per heavy atom. The molecular weight excluding hydrogens is 320 g/mol. The Hall–Kier alpha value is -2.24.